The van der Waals surface area contributed by atoms with Gasteiger partial charge in [-0.2, -0.15) is 4.99 Å². The second-order valence-electron chi connectivity index (χ2n) is 5.77. The number of halogens is 1. The molecular formula is C19H19ClN2O2S2. The Bertz CT molecular complexity index is 1010. The van der Waals surface area contributed by atoms with Crippen molar-refractivity contribution in [3.63, 3.8) is 0 Å². The summed E-state index contributed by atoms with van der Waals surface area (Å²) in [6, 6.07) is 11.7. The summed E-state index contributed by atoms with van der Waals surface area (Å²) >= 11 is 9.36. The first-order chi connectivity index (χ1) is 12.5. The molecule has 4 nitrogen and oxygen atoms in total. The molecule has 136 valence electrons. The van der Waals surface area contributed by atoms with Crippen LogP contribution in [0.1, 0.15) is 12.0 Å². The number of methoxy groups -OCH3 is 1. The number of hydrogen-bond donors (Lipinski definition) is 0. The molecule has 0 saturated carbocycles. The number of benzene rings is 2. The van der Waals surface area contributed by atoms with Crippen molar-refractivity contribution in [2.75, 3.05) is 12.9 Å². The molecule has 3 rings (SSSR count). The normalized spacial score (nSPS) is 11.9. The van der Waals surface area contributed by atoms with E-state index in [0.29, 0.717) is 22.0 Å². The van der Waals surface area contributed by atoms with Crippen molar-refractivity contribution in [2.45, 2.75) is 18.2 Å². The lowest BCUT2D eigenvalue weighted by Crippen LogP contribution is -2.13. The fraction of sp³-hybridized carbons (Fsp3) is 0.263. The largest absolute Gasteiger partial charge is 0.497 e. The summed E-state index contributed by atoms with van der Waals surface area (Å²) in [6.07, 6.45) is 0.387. The van der Waals surface area contributed by atoms with Gasteiger partial charge in [0.2, 0.25) is 5.91 Å². The summed E-state index contributed by atoms with van der Waals surface area (Å²) in [4.78, 5) is 18.3. The molecule has 2 aromatic carbocycles. The van der Waals surface area contributed by atoms with Crippen molar-refractivity contribution >= 4 is 50.8 Å². The number of aromatic nitrogens is 1. The lowest BCUT2D eigenvalue weighted by Gasteiger charge is -2.02. The summed E-state index contributed by atoms with van der Waals surface area (Å²) in [6.45, 7) is 2.03. The highest BCUT2D eigenvalue weighted by atomic mass is 35.5. The number of ether oxygens (including phenoxy) is 1. The zero-order chi connectivity index (χ0) is 18.7. The zero-order valence-electron chi connectivity index (χ0n) is 14.8. The molecule has 1 heterocycles. The smallest absolute Gasteiger partial charge is 0.249 e. The number of aryl methyl sites for hydroxylation is 2. The van der Waals surface area contributed by atoms with Gasteiger partial charge in [0.25, 0.3) is 0 Å². The summed E-state index contributed by atoms with van der Waals surface area (Å²) in [5.74, 6) is 1.39. The van der Waals surface area contributed by atoms with Gasteiger partial charge in [0.1, 0.15) is 5.75 Å². The third-order valence-corrected chi connectivity index (χ3v) is 6.57. The molecule has 0 fully saturated rings. The van der Waals surface area contributed by atoms with E-state index in [0.717, 1.165) is 26.4 Å². The van der Waals surface area contributed by atoms with Crippen LogP contribution in [0, 0.1) is 6.92 Å². The number of amides is 1. The molecule has 7 heteroatoms. The van der Waals surface area contributed by atoms with Crippen LogP contribution >= 0.6 is 34.7 Å². The SMILES string of the molecule is COc1ccc(SCCC(=O)N=c2sc3c(Cl)ccc(C)c3n2C)cc1. The number of thioether (sulfide) groups is 1. The zero-order valence-corrected chi connectivity index (χ0v) is 17.2. The third kappa shape index (κ3) is 4.14. The molecule has 0 unspecified atom stereocenters. The molecular weight excluding hydrogens is 388 g/mol. The maximum atomic E-state index is 12.3. The Labute approximate surface area is 165 Å². The van der Waals surface area contributed by atoms with E-state index >= 15 is 0 Å². The lowest BCUT2D eigenvalue weighted by molar-refractivity contribution is -0.117. The Hall–Kier alpha value is -1.76. The number of rotatable bonds is 5. The Kier molecular flexibility index (Phi) is 6.06. The predicted octanol–water partition coefficient (Wildman–Crippen LogP) is 4.82. The molecule has 26 heavy (non-hydrogen) atoms. The number of nitrogens with zero attached hydrogens (tertiary/aromatic N) is 2. The molecule has 0 saturated heterocycles. The van der Waals surface area contributed by atoms with Crippen molar-refractivity contribution in [1.29, 1.82) is 0 Å². The van der Waals surface area contributed by atoms with Crippen LogP contribution in [-0.2, 0) is 11.8 Å². The van der Waals surface area contributed by atoms with Crippen molar-refractivity contribution in [3.8, 4) is 5.75 Å². The van der Waals surface area contributed by atoms with Gasteiger partial charge in [0, 0.05) is 24.1 Å². The van der Waals surface area contributed by atoms with E-state index in [1.54, 1.807) is 18.9 Å². The number of hydrogen-bond acceptors (Lipinski definition) is 4. The van der Waals surface area contributed by atoms with Gasteiger partial charge in [-0.15, -0.1) is 11.8 Å². The first kappa shape index (κ1) is 19.0. The highest BCUT2D eigenvalue weighted by Crippen LogP contribution is 2.28. The molecule has 0 aliphatic rings. The Morgan fingerprint density at radius 2 is 2.00 bits per heavy atom. The van der Waals surface area contributed by atoms with Gasteiger partial charge in [-0.1, -0.05) is 29.0 Å². The van der Waals surface area contributed by atoms with Gasteiger partial charge < -0.3 is 9.30 Å². The fourth-order valence-electron chi connectivity index (χ4n) is 2.60. The van der Waals surface area contributed by atoms with Gasteiger partial charge >= 0.3 is 0 Å². The topological polar surface area (TPSA) is 43.6 Å². The highest BCUT2D eigenvalue weighted by molar-refractivity contribution is 7.99. The van der Waals surface area contributed by atoms with E-state index in [2.05, 4.69) is 4.99 Å². The standard InChI is InChI=1S/C19H19ClN2O2S2/c1-12-4-9-15(20)18-17(12)22(2)19(26-18)21-16(23)10-11-25-14-7-5-13(24-3)6-8-14/h4-9H,10-11H2,1-3H3. The minimum Gasteiger partial charge on any atom is -0.497 e. The quantitative estimate of drug-likeness (QED) is 0.570. The van der Waals surface area contributed by atoms with Crippen LogP contribution in [0.3, 0.4) is 0 Å². The summed E-state index contributed by atoms with van der Waals surface area (Å²) in [5.41, 5.74) is 2.15. The lowest BCUT2D eigenvalue weighted by atomic mass is 10.2. The first-order valence-electron chi connectivity index (χ1n) is 8.08. The average molecular weight is 407 g/mol. The number of carbonyl (C=O) groups is 1. The number of fused-ring (bicyclic) bond motifs is 1. The average Bonchev–Trinajstić information content (AvgIpc) is 2.96. The maximum absolute atomic E-state index is 12.3. The Balaban J connectivity index is 1.70. The maximum Gasteiger partial charge on any atom is 0.249 e. The van der Waals surface area contributed by atoms with E-state index in [1.165, 1.54) is 11.3 Å². The van der Waals surface area contributed by atoms with Crippen molar-refractivity contribution in [2.24, 2.45) is 12.0 Å². The van der Waals surface area contributed by atoms with Gasteiger partial charge in [-0.05, 0) is 42.8 Å². The van der Waals surface area contributed by atoms with Crippen LogP contribution in [0.4, 0.5) is 0 Å². The molecule has 3 aromatic rings. The van der Waals surface area contributed by atoms with Crippen molar-refractivity contribution in [1.82, 2.24) is 4.57 Å². The molecule has 0 aliphatic heterocycles. The van der Waals surface area contributed by atoms with Gasteiger partial charge in [0.05, 0.1) is 22.3 Å². The summed E-state index contributed by atoms with van der Waals surface area (Å²) < 4.78 is 8.05. The second-order valence-corrected chi connectivity index (χ2v) is 8.32. The predicted molar refractivity (Wildman–Crippen MR) is 109 cm³/mol. The van der Waals surface area contributed by atoms with E-state index in [-0.39, 0.29) is 5.91 Å². The van der Waals surface area contributed by atoms with Crippen LogP contribution < -0.4 is 9.54 Å². The van der Waals surface area contributed by atoms with Gasteiger partial charge in [0.15, 0.2) is 4.80 Å². The van der Waals surface area contributed by atoms with E-state index in [4.69, 9.17) is 16.3 Å². The fourth-order valence-corrected chi connectivity index (χ4v) is 4.83. The summed E-state index contributed by atoms with van der Waals surface area (Å²) in [5, 5.41) is 0.690. The molecule has 0 spiro atoms. The Morgan fingerprint density at radius 1 is 1.27 bits per heavy atom. The van der Waals surface area contributed by atoms with Gasteiger partial charge in [-0.25, -0.2) is 0 Å². The van der Waals surface area contributed by atoms with Gasteiger partial charge in [-0.3, -0.25) is 4.79 Å². The molecule has 1 aromatic heterocycles. The van der Waals surface area contributed by atoms with Crippen molar-refractivity contribution < 1.29 is 9.53 Å². The molecule has 0 N–H and O–H groups in total. The molecule has 0 radical (unpaired) electrons. The third-order valence-electron chi connectivity index (χ3n) is 3.97. The van der Waals surface area contributed by atoms with Crippen LogP contribution in [-0.4, -0.2) is 23.3 Å². The number of thiazole rings is 1. The van der Waals surface area contributed by atoms with Crippen LogP contribution in [0.5, 0.6) is 5.75 Å². The minimum atomic E-state index is -0.123. The Morgan fingerprint density at radius 3 is 2.65 bits per heavy atom. The van der Waals surface area contributed by atoms with Crippen molar-refractivity contribution in [3.05, 3.63) is 51.8 Å². The van der Waals surface area contributed by atoms with Crippen LogP contribution in [0.2, 0.25) is 5.02 Å². The summed E-state index contributed by atoms with van der Waals surface area (Å²) in [7, 11) is 3.56. The van der Waals surface area contributed by atoms with E-state index < -0.39 is 0 Å². The van der Waals surface area contributed by atoms with Crippen LogP contribution in [0.25, 0.3) is 10.2 Å². The first-order valence-corrected chi connectivity index (χ1v) is 10.3. The molecule has 1 amide bonds. The minimum absolute atomic E-state index is 0.123. The van der Waals surface area contributed by atoms with E-state index in [1.807, 2.05) is 54.9 Å². The van der Waals surface area contributed by atoms with Crippen LogP contribution in [0.15, 0.2) is 46.3 Å². The highest BCUT2D eigenvalue weighted by Gasteiger charge is 2.10. The molecule has 0 aliphatic carbocycles. The van der Waals surface area contributed by atoms with E-state index in [9.17, 15) is 4.79 Å². The molecule has 0 bridgehead atoms. The molecule has 0 atom stereocenters. The second kappa shape index (κ2) is 8.29. The number of carbonyl (C=O) groups excluding carboxylic acids is 1. The monoisotopic (exact) mass is 406 g/mol.